The molecule has 3 N–H and O–H groups in total. The van der Waals surface area contributed by atoms with Crippen LogP contribution < -0.4 is 15.5 Å². The molecule has 1 saturated heterocycles. The van der Waals surface area contributed by atoms with Gasteiger partial charge >= 0.3 is 0 Å². The summed E-state index contributed by atoms with van der Waals surface area (Å²) < 4.78 is 5.50. The lowest BCUT2D eigenvalue weighted by Gasteiger charge is -2.33. The van der Waals surface area contributed by atoms with E-state index in [2.05, 4.69) is 38.8 Å². The molecule has 5 rings (SSSR count). The number of anilines is 2. The van der Waals surface area contributed by atoms with Crippen LogP contribution in [0.1, 0.15) is 34.3 Å². The van der Waals surface area contributed by atoms with E-state index in [1.165, 1.54) is 0 Å². The van der Waals surface area contributed by atoms with Gasteiger partial charge in [0.05, 0.1) is 12.3 Å². The summed E-state index contributed by atoms with van der Waals surface area (Å²) in [5.41, 5.74) is 3.33. The highest BCUT2D eigenvalue weighted by Crippen LogP contribution is 2.46. The van der Waals surface area contributed by atoms with E-state index in [9.17, 15) is 9.90 Å². The minimum atomic E-state index is -0.165. The van der Waals surface area contributed by atoms with Crippen LogP contribution in [0, 0.1) is 5.92 Å². The van der Waals surface area contributed by atoms with Crippen LogP contribution in [0.4, 0.5) is 11.5 Å². The third-order valence-electron chi connectivity index (χ3n) is 6.79. The second kappa shape index (κ2) is 11.4. The first-order chi connectivity index (χ1) is 17.7. The van der Waals surface area contributed by atoms with Crippen molar-refractivity contribution in [3.8, 4) is 0 Å². The Morgan fingerprint density at radius 1 is 1.28 bits per heavy atom. The number of carbonyl (C=O) groups is 1. The molecule has 0 spiro atoms. The Labute approximate surface area is 215 Å². The maximum atomic E-state index is 13.3. The van der Waals surface area contributed by atoms with Gasteiger partial charge in [0.1, 0.15) is 11.8 Å². The number of aromatic nitrogens is 2. The van der Waals surface area contributed by atoms with E-state index in [4.69, 9.17) is 4.74 Å². The molecule has 2 atom stereocenters. The van der Waals surface area contributed by atoms with Crippen LogP contribution in [0.2, 0.25) is 0 Å². The first kappa shape index (κ1) is 24.7. The molecule has 188 valence electrons. The van der Waals surface area contributed by atoms with Gasteiger partial charge in [0.25, 0.3) is 5.91 Å². The molecule has 36 heavy (non-hydrogen) atoms. The van der Waals surface area contributed by atoms with Gasteiger partial charge in [-0.05, 0) is 67.6 Å². The fourth-order valence-electron chi connectivity index (χ4n) is 4.98. The Morgan fingerprint density at radius 3 is 2.94 bits per heavy atom. The molecule has 9 heteroatoms. The first-order valence-corrected chi connectivity index (χ1v) is 13.1. The number of rotatable bonds is 8. The van der Waals surface area contributed by atoms with Gasteiger partial charge in [0.15, 0.2) is 5.82 Å². The topological polar surface area (TPSA) is 99.6 Å². The van der Waals surface area contributed by atoms with Crippen molar-refractivity contribution in [3.63, 3.8) is 0 Å². The molecule has 0 bridgehead atoms. The van der Waals surface area contributed by atoms with Crippen LogP contribution in [-0.4, -0.2) is 54.0 Å². The Kier molecular flexibility index (Phi) is 7.81. The molecule has 1 amide bonds. The summed E-state index contributed by atoms with van der Waals surface area (Å²) in [7, 11) is 1.67. The highest BCUT2D eigenvalue weighted by molar-refractivity contribution is 7.99. The van der Waals surface area contributed by atoms with E-state index >= 15 is 0 Å². The van der Waals surface area contributed by atoms with E-state index in [1.54, 1.807) is 43.4 Å². The number of hydrogen-bond acceptors (Lipinski definition) is 8. The van der Waals surface area contributed by atoms with Gasteiger partial charge in [-0.15, -0.1) is 0 Å². The van der Waals surface area contributed by atoms with Crippen LogP contribution in [0.3, 0.4) is 0 Å². The summed E-state index contributed by atoms with van der Waals surface area (Å²) in [4.78, 5) is 25.5. The zero-order valence-electron chi connectivity index (χ0n) is 20.3. The average molecular weight is 506 g/mol. The number of fused-ring (bicyclic) bond motifs is 2. The summed E-state index contributed by atoms with van der Waals surface area (Å²) in [5, 5.41) is 17.4. The van der Waals surface area contributed by atoms with E-state index in [1.807, 2.05) is 17.0 Å². The lowest BCUT2D eigenvalue weighted by Crippen LogP contribution is -2.47. The molecule has 1 aromatic heterocycles. The van der Waals surface area contributed by atoms with Gasteiger partial charge in [-0.3, -0.25) is 9.69 Å². The lowest BCUT2D eigenvalue weighted by atomic mass is 9.87. The normalized spacial score (nSPS) is 17.7. The monoisotopic (exact) mass is 505 g/mol. The highest BCUT2D eigenvalue weighted by Gasteiger charge is 2.29. The van der Waals surface area contributed by atoms with Crippen LogP contribution >= 0.6 is 11.8 Å². The molecule has 0 radical (unpaired) electrons. The lowest BCUT2D eigenvalue weighted by molar-refractivity contribution is 0.0913. The van der Waals surface area contributed by atoms with Crippen molar-refractivity contribution in [2.75, 3.05) is 31.8 Å². The molecule has 0 saturated carbocycles. The minimum Gasteiger partial charge on any atom is -0.392 e. The molecule has 1 fully saturated rings. The largest absolute Gasteiger partial charge is 0.392 e. The number of nitrogens with one attached hydrogen (secondary N) is 2. The fraction of sp³-hybridized carbons (Fsp3) is 0.370. The highest BCUT2D eigenvalue weighted by atomic mass is 32.2. The zero-order chi connectivity index (χ0) is 24.9. The number of nitrogens with zero attached hydrogens (tertiary/aromatic N) is 3. The number of piperidine rings is 1. The second-order valence-electron chi connectivity index (χ2n) is 9.14. The van der Waals surface area contributed by atoms with Gasteiger partial charge in [0.2, 0.25) is 0 Å². The summed E-state index contributed by atoms with van der Waals surface area (Å²) in [5.74, 6) is 0.959. The number of benzene rings is 2. The van der Waals surface area contributed by atoms with Gasteiger partial charge in [0, 0.05) is 36.0 Å². The number of amides is 1. The molecule has 2 aliphatic heterocycles. The second-order valence-corrected chi connectivity index (χ2v) is 10.2. The van der Waals surface area contributed by atoms with Crippen molar-refractivity contribution in [1.82, 2.24) is 20.6 Å². The van der Waals surface area contributed by atoms with Gasteiger partial charge in [-0.1, -0.05) is 36.0 Å². The Hall–Kier alpha value is -2.98. The smallest absolute Gasteiger partial charge is 0.251 e. The standard InChI is InChI=1S/C27H31N5O3S/c1-35-17-32-23-14-18(8-9-24(23)36-27-25(32)29-11-12-30-27)13-22(19-6-4-10-28-15-19)31-26(34)21-7-3-2-5-20(21)16-33/h2-3,5,7-9,11-12,14,19,22,28,33H,4,6,10,13,15-17H2,1H3,(H,31,34). The number of aliphatic hydroxyl groups excluding tert-OH is 1. The minimum absolute atomic E-state index is 0.0469. The van der Waals surface area contributed by atoms with Crippen LogP contribution in [-0.2, 0) is 17.8 Å². The number of ether oxygens (including phenoxy) is 1. The number of methoxy groups -OCH3 is 1. The van der Waals surface area contributed by atoms with Gasteiger partial charge < -0.3 is 20.5 Å². The van der Waals surface area contributed by atoms with E-state index in [-0.39, 0.29) is 18.6 Å². The van der Waals surface area contributed by atoms with Crippen molar-refractivity contribution < 1.29 is 14.6 Å². The van der Waals surface area contributed by atoms with E-state index in [0.717, 1.165) is 52.9 Å². The molecule has 3 heterocycles. The fourth-order valence-corrected chi connectivity index (χ4v) is 5.96. The van der Waals surface area contributed by atoms with Crippen LogP contribution in [0.15, 0.2) is 64.8 Å². The quantitative estimate of drug-likeness (QED) is 0.428. The molecule has 2 aromatic carbocycles. The predicted octanol–water partition coefficient (Wildman–Crippen LogP) is 3.52. The predicted molar refractivity (Wildman–Crippen MR) is 140 cm³/mol. The third kappa shape index (κ3) is 5.24. The number of carbonyl (C=O) groups excluding carboxylic acids is 1. The summed E-state index contributed by atoms with van der Waals surface area (Å²) in [6.45, 7) is 2.08. The Morgan fingerprint density at radius 2 is 2.14 bits per heavy atom. The van der Waals surface area contributed by atoms with Crippen molar-refractivity contribution in [2.45, 2.75) is 41.8 Å². The van der Waals surface area contributed by atoms with E-state index < -0.39 is 0 Å². The van der Waals surface area contributed by atoms with Gasteiger partial charge in [-0.25, -0.2) is 9.97 Å². The Balaban J connectivity index is 1.42. The van der Waals surface area contributed by atoms with Gasteiger partial charge in [-0.2, -0.15) is 0 Å². The van der Waals surface area contributed by atoms with E-state index in [0.29, 0.717) is 30.2 Å². The maximum Gasteiger partial charge on any atom is 0.251 e. The van der Waals surface area contributed by atoms with Crippen molar-refractivity contribution in [2.24, 2.45) is 5.92 Å². The number of aliphatic hydroxyl groups is 1. The summed E-state index contributed by atoms with van der Waals surface area (Å²) in [6.07, 6.45) is 6.24. The van der Waals surface area contributed by atoms with Crippen molar-refractivity contribution >= 4 is 29.2 Å². The molecular weight excluding hydrogens is 474 g/mol. The molecule has 2 aliphatic rings. The summed E-state index contributed by atoms with van der Waals surface area (Å²) >= 11 is 1.61. The molecule has 3 aromatic rings. The zero-order valence-corrected chi connectivity index (χ0v) is 21.1. The summed E-state index contributed by atoms with van der Waals surface area (Å²) in [6, 6.07) is 13.6. The van der Waals surface area contributed by atoms with Crippen LogP contribution in [0.25, 0.3) is 0 Å². The van der Waals surface area contributed by atoms with Crippen LogP contribution in [0.5, 0.6) is 0 Å². The Bertz CT molecular complexity index is 1220. The molecule has 2 unspecified atom stereocenters. The number of hydrogen-bond donors (Lipinski definition) is 3. The SMILES string of the molecule is COCN1c2cc(CC(NC(=O)c3ccccc3CO)C3CCCNC3)ccc2Sc2nccnc21. The maximum absolute atomic E-state index is 13.3. The molecule has 0 aliphatic carbocycles. The molecule has 8 nitrogen and oxygen atoms in total. The third-order valence-corrected chi connectivity index (χ3v) is 7.84. The van der Waals surface area contributed by atoms with Crippen molar-refractivity contribution in [1.29, 1.82) is 0 Å². The van der Waals surface area contributed by atoms with Crippen molar-refractivity contribution in [3.05, 3.63) is 71.5 Å². The average Bonchev–Trinajstić information content (AvgIpc) is 2.93. The molecular formula is C27H31N5O3S. The first-order valence-electron chi connectivity index (χ1n) is 12.3.